The molecule has 0 fully saturated rings. The Bertz CT molecular complexity index is 1510. The Kier molecular flexibility index (Phi) is 12.7. The highest BCUT2D eigenvalue weighted by atomic mass is 16.3. The molecule has 3 aromatic rings. The molecule has 0 aliphatic rings. The van der Waals surface area contributed by atoms with E-state index in [4.69, 9.17) is 5.73 Å². The molecular formula is C38H58N4O3. The molecule has 0 aromatic heterocycles. The Labute approximate surface area is 272 Å². The summed E-state index contributed by atoms with van der Waals surface area (Å²) in [4.78, 5) is 10.8. The van der Waals surface area contributed by atoms with Crippen LogP contribution >= 0.6 is 0 Å². The van der Waals surface area contributed by atoms with Crippen molar-refractivity contribution in [2.45, 2.75) is 132 Å². The standard InChI is InChI=1S/C22H31N3O.C14H21NO2.C2H6/c1-13-9-17(23)18(10-14(13)2)24-25-19-12-15(21(3,4)5)11-16(20(19)26)22(6,7)8;1-13(2,3)9-7-10(14(4,5)6)12(16)11(8-9)15-17;1-2/h9-12,26H,23H2,1-8H3;7-8,16H,1-6H3;1-2H3. The van der Waals surface area contributed by atoms with Crippen LogP contribution < -0.4 is 5.73 Å². The van der Waals surface area contributed by atoms with Gasteiger partial charge in [0.25, 0.3) is 0 Å². The van der Waals surface area contributed by atoms with Gasteiger partial charge in [-0.05, 0) is 87.2 Å². The Morgan fingerprint density at radius 3 is 1.27 bits per heavy atom. The van der Waals surface area contributed by atoms with Crippen molar-refractivity contribution in [1.82, 2.24) is 0 Å². The number of nitroso groups, excluding NO2 is 1. The maximum Gasteiger partial charge on any atom is 0.150 e. The minimum absolute atomic E-state index is 0.000463. The molecule has 45 heavy (non-hydrogen) atoms. The maximum absolute atomic E-state index is 10.8. The molecular weight excluding hydrogens is 560 g/mol. The SMILES string of the molecule is CC.CC(C)(C)c1cc(N=O)c(O)c(C(C)(C)C)c1.Cc1cc(N)c(N=Nc2cc(C(C)(C)C)cc(C(C)(C)C)c2O)cc1C. The van der Waals surface area contributed by atoms with Gasteiger partial charge in [0, 0.05) is 11.1 Å². The molecule has 0 saturated heterocycles. The number of phenols is 2. The van der Waals surface area contributed by atoms with E-state index < -0.39 is 0 Å². The smallest absolute Gasteiger partial charge is 0.150 e. The number of rotatable bonds is 3. The zero-order valence-corrected chi connectivity index (χ0v) is 30.7. The van der Waals surface area contributed by atoms with Gasteiger partial charge in [0.2, 0.25) is 0 Å². The van der Waals surface area contributed by atoms with Crippen LogP contribution in [0.25, 0.3) is 0 Å². The third kappa shape index (κ3) is 10.4. The molecule has 0 spiro atoms. The summed E-state index contributed by atoms with van der Waals surface area (Å²) in [6.07, 6.45) is 0. The third-order valence-corrected chi connectivity index (χ3v) is 7.53. The molecule has 4 N–H and O–H groups in total. The van der Waals surface area contributed by atoms with Crippen LogP contribution in [0.2, 0.25) is 0 Å². The van der Waals surface area contributed by atoms with Gasteiger partial charge in [0.15, 0.2) is 0 Å². The summed E-state index contributed by atoms with van der Waals surface area (Å²) in [6.45, 7) is 32.9. The van der Waals surface area contributed by atoms with Gasteiger partial charge in [-0.25, -0.2) is 0 Å². The van der Waals surface area contributed by atoms with Crippen molar-refractivity contribution >= 4 is 22.7 Å². The predicted octanol–water partition coefficient (Wildman–Crippen LogP) is 12.0. The van der Waals surface area contributed by atoms with Crippen molar-refractivity contribution in [2.24, 2.45) is 15.4 Å². The van der Waals surface area contributed by atoms with E-state index in [2.05, 4.69) is 83.8 Å². The molecule has 0 heterocycles. The van der Waals surface area contributed by atoms with Crippen LogP contribution in [0.15, 0.2) is 51.8 Å². The minimum Gasteiger partial charge on any atom is -0.505 e. The molecule has 7 nitrogen and oxygen atoms in total. The molecule has 0 saturated carbocycles. The number of nitrogen functional groups attached to an aromatic ring is 1. The van der Waals surface area contributed by atoms with E-state index in [9.17, 15) is 15.1 Å². The fraction of sp³-hybridized carbons (Fsp3) is 0.526. The Morgan fingerprint density at radius 1 is 0.533 bits per heavy atom. The number of anilines is 1. The van der Waals surface area contributed by atoms with Crippen LogP contribution in [0.1, 0.15) is 130 Å². The lowest BCUT2D eigenvalue weighted by molar-refractivity contribution is 0.445. The third-order valence-electron chi connectivity index (χ3n) is 7.53. The molecule has 248 valence electrons. The van der Waals surface area contributed by atoms with Crippen LogP contribution in [0.3, 0.4) is 0 Å². The predicted molar refractivity (Wildman–Crippen MR) is 192 cm³/mol. The lowest BCUT2D eigenvalue weighted by Gasteiger charge is -2.26. The largest absolute Gasteiger partial charge is 0.505 e. The van der Waals surface area contributed by atoms with Gasteiger partial charge in [0.1, 0.15) is 28.6 Å². The minimum atomic E-state index is -0.217. The van der Waals surface area contributed by atoms with Gasteiger partial charge in [0.05, 0.1) is 5.69 Å². The number of phenolic OH excluding ortho intramolecular Hbond substituents is 2. The van der Waals surface area contributed by atoms with E-state index in [0.29, 0.717) is 17.1 Å². The Hall–Kier alpha value is -3.74. The molecule has 3 aromatic carbocycles. The van der Waals surface area contributed by atoms with Crippen LogP contribution in [0.4, 0.5) is 22.7 Å². The van der Waals surface area contributed by atoms with E-state index in [1.54, 1.807) is 6.07 Å². The van der Waals surface area contributed by atoms with Crippen molar-refractivity contribution in [3.05, 3.63) is 74.7 Å². The topological polar surface area (TPSA) is 121 Å². The highest BCUT2D eigenvalue weighted by molar-refractivity contribution is 5.66. The van der Waals surface area contributed by atoms with E-state index in [-0.39, 0.29) is 38.8 Å². The average molecular weight is 619 g/mol. The molecule has 0 bridgehead atoms. The summed E-state index contributed by atoms with van der Waals surface area (Å²) in [7, 11) is 0. The quantitative estimate of drug-likeness (QED) is 0.153. The molecule has 0 radical (unpaired) electrons. The number of aromatic hydroxyl groups is 2. The number of hydrogen-bond donors (Lipinski definition) is 3. The fourth-order valence-electron chi connectivity index (χ4n) is 4.41. The van der Waals surface area contributed by atoms with Crippen molar-refractivity contribution in [1.29, 1.82) is 0 Å². The first-order valence-electron chi connectivity index (χ1n) is 15.8. The second-order valence-electron chi connectivity index (χ2n) is 15.6. The lowest BCUT2D eigenvalue weighted by Crippen LogP contribution is -2.16. The van der Waals surface area contributed by atoms with Crippen molar-refractivity contribution in [3.8, 4) is 11.5 Å². The second-order valence-corrected chi connectivity index (χ2v) is 15.6. The van der Waals surface area contributed by atoms with Gasteiger partial charge in [-0.3, -0.25) is 0 Å². The summed E-state index contributed by atoms with van der Waals surface area (Å²) in [5.74, 6) is 0.178. The first-order chi connectivity index (χ1) is 20.4. The number of aryl methyl sites for hydroxylation is 2. The monoisotopic (exact) mass is 618 g/mol. The number of nitrogens with zero attached hydrogens (tertiary/aromatic N) is 3. The number of azo groups is 1. The highest BCUT2D eigenvalue weighted by Crippen LogP contribution is 2.43. The van der Waals surface area contributed by atoms with Gasteiger partial charge in [-0.1, -0.05) is 109 Å². The summed E-state index contributed by atoms with van der Waals surface area (Å²) in [5, 5.41) is 32.4. The average Bonchev–Trinajstić information content (AvgIpc) is 2.89. The fourth-order valence-corrected chi connectivity index (χ4v) is 4.41. The van der Waals surface area contributed by atoms with Crippen LogP contribution in [0.5, 0.6) is 11.5 Å². The Morgan fingerprint density at radius 2 is 0.889 bits per heavy atom. The van der Waals surface area contributed by atoms with Crippen LogP contribution in [-0.2, 0) is 21.7 Å². The summed E-state index contributed by atoms with van der Waals surface area (Å²) >= 11 is 0. The van der Waals surface area contributed by atoms with Gasteiger partial charge < -0.3 is 15.9 Å². The summed E-state index contributed by atoms with van der Waals surface area (Å²) in [6, 6.07) is 11.4. The zero-order chi connectivity index (χ0) is 35.3. The summed E-state index contributed by atoms with van der Waals surface area (Å²) in [5.41, 5.74) is 13.3. The normalized spacial score (nSPS) is 12.3. The number of hydrogen-bond acceptors (Lipinski definition) is 7. The molecule has 0 aliphatic carbocycles. The van der Waals surface area contributed by atoms with Crippen LogP contribution in [-0.4, -0.2) is 10.2 Å². The van der Waals surface area contributed by atoms with E-state index >= 15 is 0 Å². The van der Waals surface area contributed by atoms with Gasteiger partial charge in [-0.15, -0.1) is 15.1 Å². The van der Waals surface area contributed by atoms with Crippen LogP contribution in [0, 0.1) is 18.8 Å². The lowest BCUT2D eigenvalue weighted by atomic mass is 9.80. The van der Waals surface area contributed by atoms with Crippen molar-refractivity contribution in [3.63, 3.8) is 0 Å². The first kappa shape index (κ1) is 39.3. The van der Waals surface area contributed by atoms with E-state index in [1.165, 1.54) is 0 Å². The maximum atomic E-state index is 10.8. The molecule has 0 amide bonds. The number of benzene rings is 3. The van der Waals surface area contributed by atoms with E-state index in [0.717, 1.165) is 33.4 Å². The molecule has 0 atom stereocenters. The zero-order valence-electron chi connectivity index (χ0n) is 30.7. The first-order valence-corrected chi connectivity index (χ1v) is 15.8. The summed E-state index contributed by atoms with van der Waals surface area (Å²) < 4.78 is 0. The molecule has 3 rings (SSSR count). The molecule has 7 heteroatoms. The molecule has 0 aliphatic heterocycles. The molecule has 0 unspecified atom stereocenters. The van der Waals surface area contributed by atoms with Gasteiger partial charge in [-0.2, -0.15) is 0 Å². The van der Waals surface area contributed by atoms with Crippen molar-refractivity contribution < 1.29 is 10.2 Å². The van der Waals surface area contributed by atoms with Gasteiger partial charge >= 0.3 is 0 Å². The van der Waals surface area contributed by atoms with Crippen molar-refractivity contribution in [2.75, 3.05) is 5.73 Å². The highest BCUT2D eigenvalue weighted by Gasteiger charge is 2.26. The Balaban J connectivity index is 0.000000462. The van der Waals surface area contributed by atoms with E-state index in [1.807, 2.05) is 72.7 Å². The second kappa shape index (κ2) is 14.6. The number of nitrogens with two attached hydrogens (primary N) is 1.